The van der Waals surface area contributed by atoms with Crippen molar-refractivity contribution in [1.82, 2.24) is 0 Å². The van der Waals surface area contributed by atoms with Crippen molar-refractivity contribution < 1.29 is 19.4 Å². The van der Waals surface area contributed by atoms with Crippen molar-refractivity contribution in [2.45, 2.75) is 12.5 Å². The van der Waals surface area contributed by atoms with Gasteiger partial charge in [-0.1, -0.05) is 12.1 Å². The molecule has 21 heavy (non-hydrogen) atoms. The second kappa shape index (κ2) is 6.76. The molecule has 0 amide bonds. The number of carbonyl (C=O) groups is 1. The number of rotatable bonds is 6. The van der Waals surface area contributed by atoms with Crippen LogP contribution < -0.4 is 15.2 Å². The molecule has 0 radical (unpaired) electrons. The lowest BCUT2D eigenvalue weighted by Gasteiger charge is -2.10. The quantitative estimate of drug-likeness (QED) is 0.852. The molecule has 0 aliphatic rings. The number of benzene rings is 2. The van der Waals surface area contributed by atoms with Gasteiger partial charge in [0.15, 0.2) is 0 Å². The van der Waals surface area contributed by atoms with Gasteiger partial charge in [-0.3, -0.25) is 4.79 Å². The number of hydrogen-bond donors (Lipinski definition) is 2. The fraction of sp³-hybridized carbons (Fsp3) is 0.188. The third-order valence-electron chi connectivity index (χ3n) is 2.97. The largest absolute Gasteiger partial charge is 0.497 e. The van der Waals surface area contributed by atoms with E-state index in [2.05, 4.69) is 0 Å². The molecule has 0 aromatic heterocycles. The van der Waals surface area contributed by atoms with Gasteiger partial charge in [-0.25, -0.2) is 0 Å². The highest BCUT2D eigenvalue weighted by atomic mass is 16.5. The van der Waals surface area contributed by atoms with Gasteiger partial charge in [0.25, 0.3) is 0 Å². The van der Waals surface area contributed by atoms with Crippen LogP contribution in [0.3, 0.4) is 0 Å². The molecule has 5 nitrogen and oxygen atoms in total. The molecule has 0 heterocycles. The highest BCUT2D eigenvalue weighted by Crippen LogP contribution is 2.24. The first kappa shape index (κ1) is 14.9. The zero-order chi connectivity index (χ0) is 15.2. The Morgan fingerprint density at radius 2 is 1.81 bits per heavy atom. The van der Waals surface area contributed by atoms with E-state index < -0.39 is 12.0 Å². The minimum absolute atomic E-state index is 0.259. The molecule has 0 fully saturated rings. The Morgan fingerprint density at radius 1 is 1.14 bits per heavy atom. The van der Waals surface area contributed by atoms with Gasteiger partial charge in [0.1, 0.15) is 23.3 Å². The normalized spacial score (nSPS) is 11.7. The van der Waals surface area contributed by atoms with Gasteiger partial charge in [-0.2, -0.15) is 0 Å². The van der Waals surface area contributed by atoms with Crippen LogP contribution in [-0.4, -0.2) is 24.2 Å². The molecule has 110 valence electrons. The van der Waals surface area contributed by atoms with Gasteiger partial charge in [-0.15, -0.1) is 0 Å². The molecule has 5 heteroatoms. The van der Waals surface area contributed by atoms with E-state index in [1.165, 1.54) is 0 Å². The van der Waals surface area contributed by atoms with Gasteiger partial charge in [0, 0.05) is 0 Å². The van der Waals surface area contributed by atoms with Gasteiger partial charge in [0.2, 0.25) is 0 Å². The lowest BCUT2D eigenvalue weighted by atomic mass is 10.1. The van der Waals surface area contributed by atoms with Gasteiger partial charge < -0.3 is 20.3 Å². The molecule has 0 bridgehead atoms. The highest BCUT2D eigenvalue weighted by molar-refractivity contribution is 5.73. The zero-order valence-electron chi connectivity index (χ0n) is 11.7. The van der Waals surface area contributed by atoms with Gasteiger partial charge in [0.05, 0.1) is 7.11 Å². The summed E-state index contributed by atoms with van der Waals surface area (Å²) in [5, 5.41) is 8.83. The molecule has 1 unspecified atom stereocenters. The molecule has 1 atom stereocenters. The zero-order valence-corrected chi connectivity index (χ0v) is 11.7. The third-order valence-corrected chi connectivity index (χ3v) is 2.97. The highest BCUT2D eigenvalue weighted by Gasteiger charge is 2.12. The Bertz CT molecular complexity index is 610. The first-order valence-electron chi connectivity index (χ1n) is 6.47. The van der Waals surface area contributed by atoms with E-state index in [1.54, 1.807) is 43.5 Å². The van der Waals surface area contributed by atoms with Crippen LogP contribution in [-0.2, 0) is 11.2 Å². The van der Waals surface area contributed by atoms with E-state index >= 15 is 0 Å². The summed E-state index contributed by atoms with van der Waals surface area (Å²) in [6.45, 7) is 0. The van der Waals surface area contributed by atoms with Crippen LogP contribution in [0, 0.1) is 0 Å². The summed E-state index contributed by atoms with van der Waals surface area (Å²) in [4.78, 5) is 10.8. The Hall–Kier alpha value is -2.53. The fourth-order valence-corrected chi connectivity index (χ4v) is 1.86. The van der Waals surface area contributed by atoms with Crippen molar-refractivity contribution in [3.63, 3.8) is 0 Å². The van der Waals surface area contributed by atoms with Gasteiger partial charge >= 0.3 is 5.97 Å². The summed E-state index contributed by atoms with van der Waals surface area (Å²) in [6.07, 6.45) is 0.259. The van der Waals surface area contributed by atoms with E-state index in [4.69, 9.17) is 20.3 Å². The van der Waals surface area contributed by atoms with Crippen LogP contribution in [0.2, 0.25) is 0 Å². The molecule has 0 saturated heterocycles. The number of hydrogen-bond acceptors (Lipinski definition) is 4. The molecule has 0 spiro atoms. The molecular weight excluding hydrogens is 270 g/mol. The Labute approximate surface area is 122 Å². The monoisotopic (exact) mass is 287 g/mol. The van der Waals surface area contributed by atoms with Crippen molar-refractivity contribution in [2.24, 2.45) is 5.73 Å². The van der Waals surface area contributed by atoms with Crippen LogP contribution in [0.1, 0.15) is 5.56 Å². The predicted octanol–water partition coefficient (Wildman–Crippen LogP) is 2.44. The van der Waals surface area contributed by atoms with E-state index in [-0.39, 0.29) is 6.42 Å². The number of ether oxygens (including phenoxy) is 2. The van der Waals surface area contributed by atoms with Crippen LogP contribution >= 0.6 is 0 Å². The minimum atomic E-state index is -1.02. The predicted molar refractivity (Wildman–Crippen MR) is 78.8 cm³/mol. The lowest BCUT2D eigenvalue weighted by Crippen LogP contribution is -2.32. The SMILES string of the molecule is COc1ccc(Oc2cccc(CC(N)C(=O)O)c2)cc1. The Balaban J connectivity index is 2.08. The maximum absolute atomic E-state index is 10.8. The first-order valence-corrected chi connectivity index (χ1v) is 6.47. The Morgan fingerprint density at radius 3 is 2.43 bits per heavy atom. The summed E-state index contributed by atoms with van der Waals surface area (Å²) < 4.78 is 10.8. The van der Waals surface area contributed by atoms with E-state index in [1.807, 2.05) is 12.1 Å². The standard InChI is InChI=1S/C16H17NO4/c1-20-12-5-7-13(8-6-12)21-14-4-2-3-11(9-14)10-15(17)16(18)19/h2-9,15H,10,17H2,1H3,(H,18,19). The number of carboxylic acids is 1. The Kier molecular flexibility index (Phi) is 4.79. The molecular formula is C16H17NO4. The topological polar surface area (TPSA) is 81.8 Å². The average Bonchev–Trinajstić information content (AvgIpc) is 2.48. The van der Waals surface area contributed by atoms with Crippen molar-refractivity contribution in [3.05, 3.63) is 54.1 Å². The smallest absolute Gasteiger partial charge is 0.320 e. The first-order chi connectivity index (χ1) is 10.1. The molecule has 2 aromatic carbocycles. The average molecular weight is 287 g/mol. The number of aliphatic carboxylic acids is 1. The molecule has 0 saturated carbocycles. The van der Waals surface area contributed by atoms with Crippen molar-refractivity contribution in [1.29, 1.82) is 0 Å². The molecule has 2 rings (SSSR count). The maximum atomic E-state index is 10.8. The van der Waals surface area contributed by atoms with Crippen LogP contribution in [0.15, 0.2) is 48.5 Å². The molecule has 0 aliphatic carbocycles. The number of methoxy groups -OCH3 is 1. The minimum Gasteiger partial charge on any atom is -0.497 e. The number of nitrogens with two attached hydrogens (primary N) is 1. The third kappa shape index (κ3) is 4.22. The van der Waals surface area contributed by atoms with Gasteiger partial charge in [-0.05, 0) is 48.4 Å². The maximum Gasteiger partial charge on any atom is 0.320 e. The summed E-state index contributed by atoms with van der Waals surface area (Å²) in [6, 6.07) is 13.5. The van der Waals surface area contributed by atoms with E-state index in [0.717, 1.165) is 11.3 Å². The van der Waals surface area contributed by atoms with Crippen LogP contribution in [0.4, 0.5) is 0 Å². The van der Waals surface area contributed by atoms with E-state index in [0.29, 0.717) is 11.5 Å². The van der Waals surface area contributed by atoms with Crippen LogP contribution in [0.5, 0.6) is 17.2 Å². The summed E-state index contributed by atoms with van der Waals surface area (Å²) in [7, 11) is 1.60. The van der Waals surface area contributed by atoms with E-state index in [9.17, 15) is 4.79 Å². The van der Waals surface area contributed by atoms with Crippen molar-refractivity contribution >= 4 is 5.97 Å². The molecule has 2 aromatic rings. The molecule has 0 aliphatic heterocycles. The lowest BCUT2D eigenvalue weighted by molar-refractivity contribution is -0.138. The second-order valence-electron chi connectivity index (χ2n) is 4.57. The van der Waals surface area contributed by atoms with Crippen LogP contribution in [0.25, 0.3) is 0 Å². The second-order valence-corrected chi connectivity index (χ2v) is 4.57. The summed E-state index contributed by atoms with van der Waals surface area (Å²) in [5.74, 6) is 1.05. The molecule has 3 N–H and O–H groups in total. The van der Waals surface area contributed by atoms with Crippen molar-refractivity contribution in [3.8, 4) is 17.2 Å². The summed E-state index contributed by atoms with van der Waals surface area (Å²) >= 11 is 0. The fourth-order valence-electron chi connectivity index (χ4n) is 1.86. The number of carboxylic acid groups (broad SMARTS) is 1. The summed E-state index contributed by atoms with van der Waals surface area (Å²) in [5.41, 5.74) is 6.34. The van der Waals surface area contributed by atoms with Crippen molar-refractivity contribution in [2.75, 3.05) is 7.11 Å².